The first-order valence-corrected chi connectivity index (χ1v) is 12.5. The molecule has 3 rings (SSSR count). The van der Waals surface area contributed by atoms with Crippen LogP contribution in [0, 0.1) is 0 Å². The number of benzene rings is 3. The average Bonchev–Trinajstić information content (AvgIpc) is 2.84. The van der Waals surface area contributed by atoms with Gasteiger partial charge >= 0.3 is 0 Å². The Bertz CT molecular complexity index is 1180. The first kappa shape index (κ1) is 25.3. The summed E-state index contributed by atoms with van der Waals surface area (Å²) in [7, 11) is -2.38. The Morgan fingerprint density at radius 2 is 1.62 bits per heavy atom. The van der Waals surface area contributed by atoms with Crippen LogP contribution in [0.15, 0.2) is 83.8 Å². The van der Waals surface area contributed by atoms with E-state index in [0.717, 1.165) is 11.1 Å². The van der Waals surface area contributed by atoms with Crippen molar-refractivity contribution < 1.29 is 22.7 Å². The maximum Gasteiger partial charge on any atom is 0.243 e. The largest absolute Gasteiger partial charge is 0.496 e. The SMILES string of the molecule is CCOc1ccc(S(=O)(=O)N(CC(=O)N[C@H](C)c2ccccc2OC)Cc2ccccc2)cc1. The molecule has 1 amide bonds. The van der Waals surface area contributed by atoms with Gasteiger partial charge in [0.15, 0.2) is 0 Å². The fourth-order valence-corrected chi connectivity index (χ4v) is 4.97. The number of hydrogen-bond donors (Lipinski definition) is 1. The van der Waals surface area contributed by atoms with Gasteiger partial charge in [-0.05, 0) is 49.7 Å². The smallest absolute Gasteiger partial charge is 0.243 e. The highest BCUT2D eigenvalue weighted by Crippen LogP contribution is 2.25. The molecular formula is C26H30N2O5S. The Hall–Kier alpha value is -3.36. The van der Waals surface area contributed by atoms with Crippen LogP contribution >= 0.6 is 0 Å². The van der Waals surface area contributed by atoms with E-state index in [4.69, 9.17) is 9.47 Å². The van der Waals surface area contributed by atoms with Gasteiger partial charge in [-0.1, -0.05) is 48.5 Å². The second-order valence-corrected chi connectivity index (χ2v) is 9.63. The second kappa shape index (κ2) is 11.7. The highest BCUT2D eigenvalue weighted by atomic mass is 32.2. The number of hydrogen-bond acceptors (Lipinski definition) is 5. The van der Waals surface area contributed by atoms with E-state index in [9.17, 15) is 13.2 Å². The number of para-hydroxylation sites is 1. The molecule has 0 aliphatic carbocycles. The van der Waals surface area contributed by atoms with Crippen LogP contribution in [0.4, 0.5) is 0 Å². The van der Waals surface area contributed by atoms with E-state index in [1.165, 1.54) is 16.4 Å². The number of carbonyl (C=O) groups excluding carboxylic acids is 1. The summed E-state index contributed by atoms with van der Waals surface area (Å²) in [5.74, 6) is 0.821. The molecule has 0 spiro atoms. The summed E-state index contributed by atoms with van der Waals surface area (Å²) < 4.78 is 38.9. The molecule has 3 aromatic rings. The van der Waals surface area contributed by atoms with Gasteiger partial charge < -0.3 is 14.8 Å². The molecular weight excluding hydrogens is 452 g/mol. The second-order valence-electron chi connectivity index (χ2n) is 7.69. The van der Waals surface area contributed by atoms with Crippen molar-refractivity contribution in [3.8, 4) is 11.5 Å². The van der Waals surface area contributed by atoms with Gasteiger partial charge in [-0.3, -0.25) is 4.79 Å². The van der Waals surface area contributed by atoms with Crippen LogP contribution in [0.3, 0.4) is 0 Å². The van der Waals surface area contributed by atoms with Crippen molar-refractivity contribution in [3.63, 3.8) is 0 Å². The molecule has 0 radical (unpaired) electrons. The summed E-state index contributed by atoms with van der Waals surface area (Å²) in [6.45, 7) is 3.91. The molecule has 8 heteroatoms. The normalized spacial score (nSPS) is 12.2. The van der Waals surface area contributed by atoms with Gasteiger partial charge in [-0.15, -0.1) is 0 Å². The molecule has 0 aliphatic heterocycles. The molecule has 0 unspecified atom stereocenters. The molecule has 1 atom stereocenters. The van der Waals surface area contributed by atoms with E-state index in [2.05, 4.69) is 5.32 Å². The summed E-state index contributed by atoms with van der Waals surface area (Å²) in [6.07, 6.45) is 0. The molecule has 0 saturated heterocycles. The standard InChI is InChI=1S/C26H30N2O5S/c1-4-33-22-14-16-23(17-15-22)34(30,31)28(18-21-10-6-5-7-11-21)19-26(29)27-20(2)24-12-8-9-13-25(24)32-3/h5-17,20H,4,18-19H2,1-3H3,(H,27,29)/t20-/m1/s1. The van der Waals surface area contributed by atoms with Crippen molar-refractivity contribution in [1.82, 2.24) is 9.62 Å². The molecule has 0 aliphatic rings. The van der Waals surface area contributed by atoms with Gasteiger partial charge in [-0.25, -0.2) is 8.42 Å². The number of methoxy groups -OCH3 is 1. The van der Waals surface area contributed by atoms with Crippen molar-refractivity contribution in [1.29, 1.82) is 0 Å². The van der Waals surface area contributed by atoms with E-state index in [1.807, 2.05) is 68.4 Å². The fraction of sp³-hybridized carbons (Fsp3) is 0.269. The van der Waals surface area contributed by atoms with Crippen molar-refractivity contribution >= 4 is 15.9 Å². The van der Waals surface area contributed by atoms with Crippen LogP contribution in [0.5, 0.6) is 11.5 Å². The Morgan fingerprint density at radius 1 is 0.971 bits per heavy atom. The lowest BCUT2D eigenvalue weighted by Crippen LogP contribution is -2.41. The van der Waals surface area contributed by atoms with Gasteiger partial charge in [-0.2, -0.15) is 4.31 Å². The van der Waals surface area contributed by atoms with E-state index in [1.54, 1.807) is 19.2 Å². The summed E-state index contributed by atoms with van der Waals surface area (Å²) >= 11 is 0. The van der Waals surface area contributed by atoms with Crippen LogP contribution < -0.4 is 14.8 Å². The minimum atomic E-state index is -3.95. The van der Waals surface area contributed by atoms with Crippen LogP contribution in [-0.4, -0.2) is 38.9 Å². The number of amides is 1. The zero-order chi connectivity index (χ0) is 24.6. The number of carbonyl (C=O) groups is 1. The van der Waals surface area contributed by atoms with Crippen LogP contribution in [0.1, 0.15) is 31.0 Å². The maximum atomic E-state index is 13.5. The number of rotatable bonds is 11. The first-order valence-electron chi connectivity index (χ1n) is 11.0. The summed E-state index contributed by atoms with van der Waals surface area (Å²) in [5, 5.41) is 2.89. The first-order chi connectivity index (χ1) is 16.3. The van der Waals surface area contributed by atoms with Crippen LogP contribution in [-0.2, 0) is 21.4 Å². The quantitative estimate of drug-likeness (QED) is 0.444. The Labute approximate surface area is 201 Å². The topological polar surface area (TPSA) is 84.9 Å². The molecule has 0 saturated carbocycles. The Kier molecular flexibility index (Phi) is 8.67. The van der Waals surface area contributed by atoms with Crippen molar-refractivity contribution in [2.75, 3.05) is 20.3 Å². The van der Waals surface area contributed by atoms with Gasteiger partial charge in [0.25, 0.3) is 0 Å². The van der Waals surface area contributed by atoms with E-state index in [-0.39, 0.29) is 24.0 Å². The number of nitrogens with one attached hydrogen (secondary N) is 1. The van der Waals surface area contributed by atoms with Gasteiger partial charge in [0, 0.05) is 12.1 Å². The summed E-state index contributed by atoms with van der Waals surface area (Å²) in [5.41, 5.74) is 1.59. The van der Waals surface area contributed by atoms with E-state index < -0.39 is 15.9 Å². The minimum Gasteiger partial charge on any atom is -0.496 e. The molecule has 0 fully saturated rings. The Balaban J connectivity index is 1.83. The van der Waals surface area contributed by atoms with E-state index >= 15 is 0 Å². The summed E-state index contributed by atoms with van der Waals surface area (Å²) in [6, 6.07) is 22.4. The molecule has 3 aromatic carbocycles. The monoisotopic (exact) mass is 482 g/mol. The molecule has 0 aromatic heterocycles. The third-order valence-electron chi connectivity index (χ3n) is 5.28. The minimum absolute atomic E-state index is 0.0623. The fourth-order valence-electron chi connectivity index (χ4n) is 3.59. The molecule has 7 nitrogen and oxygen atoms in total. The highest BCUT2D eigenvalue weighted by molar-refractivity contribution is 7.89. The third-order valence-corrected chi connectivity index (χ3v) is 7.08. The number of sulfonamides is 1. The van der Waals surface area contributed by atoms with Gasteiger partial charge in [0.1, 0.15) is 11.5 Å². The Morgan fingerprint density at radius 3 is 2.26 bits per heavy atom. The lowest BCUT2D eigenvalue weighted by Gasteiger charge is -2.24. The van der Waals surface area contributed by atoms with Crippen molar-refractivity contribution in [3.05, 3.63) is 90.0 Å². The van der Waals surface area contributed by atoms with Crippen molar-refractivity contribution in [2.45, 2.75) is 31.3 Å². The average molecular weight is 483 g/mol. The third kappa shape index (κ3) is 6.36. The molecule has 1 N–H and O–H groups in total. The van der Waals surface area contributed by atoms with Crippen molar-refractivity contribution in [2.24, 2.45) is 0 Å². The molecule has 0 bridgehead atoms. The van der Waals surface area contributed by atoms with Crippen LogP contribution in [0.2, 0.25) is 0 Å². The predicted molar refractivity (Wildman–Crippen MR) is 131 cm³/mol. The lowest BCUT2D eigenvalue weighted by atomic mass is 10.1. The zero-order valence-electron chi connectivity index (χ0n) is 19.6. The highest BCUT2D eigenvalue weighted by Gasteiger charge is 2.28. The summed E-state index contributed by atoms with van der Waals surface area (Å²) in [4.78, 5) is 13.1. The maximum absolute atomic E-state index is 13.5. The number of nitrogens with zero attached hydrogens (tertiary/aromatic N) is 1. The molecule has 180 valence electrons. The lowest BCUT2D eigenvalue weighted by molar-refractivity contribution is -0.122. The van der Waals surface area contributed by atoms with E-state index in [0.29, 0.717) is 18.1 Å². The molecule has 0 heterocycles. The van der Waals surface area contributed by atoms with Gasteiger partial charge in [0.05, 0.1) is 31.2 Å². The predicted octanol–water partition coefficient (Wildman–Crippen LogP) is 4.16. The van der Waals surface area contributed by atoms with Crippen LogP contribution in [0.25, 0.3) is 0 Å². The number of ether oxygens (including phenoxy) is 2. The molecule has 34 heavy (non-hydrogen) atoms. The van der Waals surface area contributed by atoms with Gasteiger partial charge in [0.2, 0.25) is 15.9 Å². The zero-order valence-corrected chi connectivity index (χ0v) is 20.4.